The number of aromatic nitrogens is 6. The molecule has 0 amide bonds. The van der Waals surface area contributed by atoms with E-state index in [1.807, 2.05) is 70.6 Å². The smallest absolute Gasteiger partial charge is 0.120 e. The average molecular weight is 1420 g/mol. The van der Waals surface area contributed by atoms with Crippen molar-refractivity contribution in [3.05, 3.63) is 36.4 Å². The van der Waals surface area contributed by atoms with Crippen molar-refractivity contribution in [2.75, 3.05) is 34.5 Å². The normalized spacial score (nSPS) is 12.1. The highest BCUT2D eigenvalue weighted by molar-refractivity contribution is 8.03. The third-order valence-electron chi connectivity index (χ3n) is 19.4. The summed E-state index contributed by atoms with van der Waals surface area (Å²) in [6.45, 7) is 13.9. The number of fused-ring (bicyclic) bond motifs is 9. The van der Waals surface area contributed by atoms with Crippen LogP contribution in [0.3, 0.4) is 0 Å². The average Bonchev–Trinajstić information content (AvgIpc) is 0.720. The first-order chi connectivity index (χ1) is 47.5. The second-order valence-electron chi connectivity index (χ2n) is 28.1. The van der Waals surface area contributed by atoms with E-state index in [0.717, 1.165) is 101 Å². The van der Waals surface area contributed by atoms with Crippen LogP contribution in [0.2, 0.25) is 0 Å². The molecule has 96 heavy (non-hydrogen) atoms. The zero-order chi connectivity index (χ0) is 67.3. The molecule has 4 aromatic carbocycles. The predicted molar refractivity (Wildman–Crippen MR) is 438 cm³/mol. The molecule has 0 unspecified atom stereocenters. The zero-order valence-corrected chi connectivity index (χ0v) is 66.7. The maximum Gasteiger partial charge on any atom is 0.120 e. The lowest BCUT2D eigenvalue weighted by molar-refractivity contribution is 0.586. The van der Waals surface area contributed by atoms with Gasteiger partial charge < -0.3 is 0 Å². The minimum Gasteiger partial charge on any atom is -0.242 e. The van der Waals surface area contributed by atoms with Crippen LogP contribution in [0.4, 0.5) is 0 Å². The van der Waals surface area contributed by atoms with E-state index in [1.165, 1.54) is 338 Å². The Labute approximate surface area is 611 Å². The lowest BCUT2D eigenvalue weighted by Crippen LogP contribution is -2.00. The maximum absolute atomic E-state index is 5.73. The van der Waals surface area contributed by atoms with E-state index < -0.39 is 0 Å². The summed E-state index contributed by atoms with van der Waals surface area (Å²) in [4.78, 5) is 42.5. The molecule has 0 saturated carbocycles. The van der Waals surface area contributed by atoms with E-state index in [1.54, 1.807) is 0 Å². The summed E-state index contributed by atoms with van der Waals surface area (Å²) in [6.07, 6.45) is 64.1. The molecule has 534 valence electrons. The molecule has 0 saturated heterocycles. The molecule has 0 bridgehead atoms. The summed E-state index contributed by atoms with van der Waals surface area (Å²) in [6, 6.07) is 14.3. The van der Waals surface area contributed by atoms with Crippen molar-refractivity contribution in [1.82, 2.24) is 29.9 Å². The monoisotopic (exact) mass is 1420 g/mol. The Morgan fingerprint density at radius 2 is 0.281 bits per heavy atom. The predicted octanol–water partition coefficient (Wildman–Crippen LogP) is 30.4. The summed E-state index contributed by atoms with van der Waals surface area (Å²) in [5.74, 6) is 6.74. The minimum absolute atomic E-state index is 0.787. The van der Waals surface area contributed by atoms with Crippen molar-refractivity contribution in [2.24, 2.45) is 0 Å². The van der Waals surface area contributed by atoms with Crippen molar-refractivity contribution in [3.8, 4) is 0 Å². The quantitative estimate of drug-likeness (QED) is 0.0158. The van der Waals surface area contributed by atoms with Crippen molar-refractivity contribution in [1.29, 1.82) is 0 Å². The molecule has 6 nitrogen and oxygen atoms in total. The van der Waals surface area contributed by atoms with Crippen LogP contribution >= 0.6 is 70.6 Å². The first kappa shape index (κ1) is 81.1. The Hall–Kier alpha value is -2.22. The molecule has 0 aliphatic rings. The topological polar surface area (TPSA) is 77.3 Å². The minimum atomic E-state index is 0.787. The lowest BCUT2D eigenvalue weighted by Gasteiger charge is -2.15. The number of hydrogen-bond donors (Lipinski definition) is 0. The van der Waals surface area contributed by atoms with Gasteiger partial charge in [0.2, 0.25) is 0 Å². The van der Waals surface area contributed by atoms with E-state index >= 15 is 0 Å². The Bertz CT molecular complexity index is 2650. The summed E-state index contributed by atoms with van der Waals surface area (Å²) in [7, 11) is 0. The summed E-state index contributed by atoms with van der Waals surface area (Å²) in [5, 5.41) is 0. The number of unbranched alkanes of at least 4 members (excludes halogenated alkanes) is 42. The van der Waals surface area contributed by atoms with Crippen LogP contribution in [-0.4, -0.2) is 64.4 Å². The largest absolute Gasteiger partial charge is 0.242 e. The van der Waals surface area contributed by atoms with Gasteiger partial charge in [-0.05, 0) is 109 Å². The van der Waals surface area contributed by atoms with Crippen LogP contribution in [0.25, 0.3) is 66.2 Å². The van der Waals surface area contributed by atoms with E-state index in [9.17, 15) is 0 Å². The molecule has 12 heteroatoms. The van der Waals surface area contributed by atoms with Gasteiger partial charge in [0.15, 0.2) is 0 Å². The Balaban J connectivity index is 1.31. The van der Waals surface area contributed by atoms with Gasteiger partial charge in [-0.1, -0.05) is 311 Å². The highest BCUT2D eigenvalue weighted by Gasteiger charge is 2.22. The van der Waals surface area contributed by atoms with Gasteiger partial charge in [-0.25, -0.2) is 29.9 Å². The van der Waals surface area contributed by atoms with Crippen LogP contribution in [0.5, 0.6) is 0 Å². The van der Waals surface area contributed by atoms with Crippen molar-refractivity contribution < 1.29 is 0 Å². The van der Waals surface area contributed by atoms with Gasteiger partial charge in [0, 0.05) is 29.4 Å². The molecular weight excluding hydrogens is 1290 g/mol. The highest BCUT2D eigenvalue weighted by Crippen LogP contribution is 2.42. The van der Waals surface area contributed by atoms with Gasteiger partial charge in [0.05, 0.1) is 33.1 Å². The van der Waals surface area contributed by atoms with Crippen molar-refractivity contribution >= 4 is 137 Å². The van der Waals surface area contributed by atoms with E-state index in [4.69, 9.17) is 29.9 Å². The SMILES string of the molecule is CCCCCCCCCCSc1cc2nc3c4nc5cc(SCCCCCCCCCC)c(SCCCCCCCCCC)cc5nc4c4nc5cc(SCCCCCCCCCC)c(SCCCCCCCCCC)cc5nc4c3nc2cc1SCCCCCCCCCC. The molecule has 0 fully saturated rings. The molecule has 3 aromatic heterocycles. The lowest BCUT2D eigenvalue weighted by atomic mass is 10.1. The van der Waals surface area contributed by atoms with Gasteiger partial charge >= 0.3 is 0 Å². The molecule has 3 heterocycles. The van der Waals surface area contributed by atoms with E-state index in [2.05, 4.69) is 77.9 Å². The Morgan fingerprint density at radius 3 is 0.406 bits per heavy atom. The van der Waals surface area contributed by atoms with E-state index in [0.29, 0.717) is 0 Å². The van der Waals surface area contributed by atoms with Gasteiger partial charge in [0.25, 0.3) is 0 Å². The highest BCUT2D eigenvalue weighted by atomic mass is 32.2. The summed E-state index contributed by atoms with van der Waals surface area (Å²) >= 11 is 12.2. The van der Waals surface area contributed by atoms with Crippen LogP contribution in [-0.2, 0) is 0 Å². The molecule has 0 aliphatic heterocycles. The van der Waals surface area contributed by atoms with Gasteiger partial charge in [-0.3, -0.25) is 0 Å². The molecule has 0 aliphatic carbocycles. The first-order valence-corrected chi connectivity index (χ1v) is 46.3. The maximum atomic E-state index is 5.73. The number of nitrogens with zero attached hydrogens (tertiary/aromatic N) is 6. The molecule has 0 N–H and O–H groups in total. The third kappa shape index (κ3) is 29.6. The van der Waals surface area contributed by atoms with Crippen molar-refractivity contribution in [3.63, 3.8) is 0 Å². The molecule has 7 rings (SSSR count). The summed E-state index contributed by atoms with van der Waals surface area (Å²) < 4.78 is 0. The molecular formula is C84H132N6S6. The fourth-order valence-electron chi connectivity index (χ4n) is 13.4. The summed E-state index contributed by atoms with van der Waals surface area (Å²) in [5.41, 5.74) is 10.3. The molecule has 0 radical (unpaired) electrons. The number of thioether (sulfide) groups is 6. The molecule has 0 atom stereocenters. The van der Waals surface area contributed by atoms with Crippen molar-refractivity contribution in [2.45, 2.75) is 379 Å². The second-order valence-corrected chi connectivity index (χ2v) is 34.9. The fourth-order valence-corrected chi connectivity index (χ4v) is 20.2. The molecule has 0 spiro atoms. The van der Waals surface area contributed by atoms with Gasteiger partial charge in [-0.15, -0.1) is 70.6 Å². The first-order valence-electron chi connectivity index (χ1n) is 40.3. The Morgan fingerprint density at radius 1 is 0.167 bits per heavy atom. The van der Waals surface area contributed by atoms with Crippen LogP contribution in [0.1, 0.15) is 350 Å². The second kappa shape index (κ2) is 51.0. The van der Waals surface area contributed by atoms with Crippen LogP contribution in [0, 0.1) is 0 Å². The van der Waals surface area contributed by atoms with Crippen LogP contribution in [0.15, 0.2) is 65.8 Å². The number of hydrogen-bond acceptors (Lipinski definition) is 12. The third-order valence-corrected chi connectivity index (χ3v) is 26.6. The van der Waals surface area contributed by atoms with Crippen LogP contribution < -0.4 is 0 Å². The number of benzene rings is 4. The molecule has 7 aromatic rings. The Kier molecular flexibility index (Phi) is 43.1. The van der Waals surface area contributed by atoms with Gasteiger partial charge in [-0.2, -0.15) is 0 Å². The number of rotatable bonds is 60. The van der Waals surface area contributed by atoms with E-state index in [-0.39, 0.29) is 0 Å². The van der Waals surface area contributed by atoms with Gasteiger partial charge in [0.1, 0.15) is 33.1 Å². The zero-order valence-electron chi connectivity index (χ0n) is 61.8. The standard InChI is InChI=1S/C84H132N6S6/c1-7-13-19-25-31-37-43-49-55-91-73-61-67-68(62-74(73)92-56-50-44-38-32-26-20-14-8-2)86-80-79(85-67)81-83(89-70-64-76(94-58-52-46-40-34-28-22-16-10-4)75(63-69(70)87-81)93-57-51-45-39-33-27-21-15-9-3)84-82(80)88-71-65-77(95-59-53-47-41-35-29-23-17-11-5)78(66-72(71)90-84)96-60-54-48-42-36-30-24-18-12-6/h61-66H,7-60H2,1-6H3. The fraction of sp³-hybridized carbons (Fsp3) is 0.714.